The van der Waals surface area contributed by atoms with Gasteiger partial charge in [0.15, 0.2) is 23.2 Å². The lowest BCUT2D eigenvalue weighted by atomic mass is 10.1. The molecule has 0 atom stereocenters. The summed E-state index contributed by atoms with van der Waals surface area (Å²) in [6.45, 7) is 5.75. The number of carbonyl (C=O) groups excluding carboxylic acids is 1. The van der Waals surface area contributed by atoms with Gasteiger partial charge in [-0.1, -0.05) is 42.8 Å². The molecule has 4 rings (SSSR count). The van der Waals surface area contributed by atoms with Gasteiger partial charge in [0.25, 0.3) is 5.91 Å². The number of oxazole rings is 1. The van der Waals surface area contributed by atoms with Crippen LogP contribution in [0.2, 0.25) is 5.02 Å². The fourth-order valence-electron chi connectivity index (χ4n) is 3.74. The summed E-state index contributed by atoms with van der Waals surface area (Å²) in [6.07, 6.45) is 1.54. The number of hydrogen-bond donors (Lipinski definition) is 2. The van der Waals surface area contributed by atoms with Crippen LogP contribution in [0.3, 0.4) is 0 Å². The molecule has 35 heavy (non-hydrogen) atoms. The number of benzene rings is 3. The Bertz CT molecular complexity index is 1360. The van der Waals surface area contributed by atoms with Crippen LogP contribution in [0.25, 0.3) is 11.1 Å². The molecule has 0 aliphatic rings. The molecule has 1 aromatic heterocycles. The summed E-state index contributed by atoms with van der Waals surface area (Å²) >= 11 is 11.5. The molecular formula is C27H26ClN3O3S. The second-order valence-corrected chi connectivity index (χ2v) is 9.14. The standard InChI is InChI=1S/C27H26ClN3O3S/c1-4-18-7-10-23-22(13-18)30-25(34-23)14-19-5-8-20(9-6-19)29-27(35)31-24(32)15-33-26-17(3)11-16(2)12-21(26)28/h5-13H,4,14-15H2,1-3H3,(H2,29,31,32,35). The summed E-state index contributed by atoms with van der Waals surface area (Å²) in [5, 5.41) is 6.28. The number of fused-ring (bicyclic) bond motifs is 1. The van der Waals surface area contributed by atoms with Crippen molar-refractivity contribution < 1.29 is 13.9 Å². The van der Waals surface area contributed by atoms with E-state index < -0.39 is 0 Å². The van der Waals surface area contributed by atoms with Crippen molar-refractivity contribution in [2.24, 2.45) is 0 Å². The van der Waals surface area contributed by atoms with Crippen LogP contribution in [-0.2, 0) is 17.6 Å². The molecule has 4 aromatic rings. The average Bonchev–Trinajstić information content (AvgIpc) is 3.20. The summed E-state index contributed by atoms with van der Waals surface area (Å²) in [5.41, 5.74) is 6.60. The number of rotatable bonds is 7. The quantitative estimate of drug-likeness (QED) is 0.292. The molecule has 3 aromatic carbocycles. The number of thiocarbonyl (C=S) groups is 1. The maximum Gasteiger partial charge on any atom is 0.264 e. The average molecular weight is 508 g/mol. The molecule has 8 heteroatoms. The van der Waals surface area contributed by atoms with Gasteiger partial charge in [-0.05, 0) is 85.1 Å². The highest BCUT2D eigenvalue weighted by molar-refractivity contribution is 7.80. The first kappa shape index (κ1) is 24.7. The van der Waals surface area contributed by atoms with Crippen LogP contribution in [0.5, 0.6) is 5.75 Å². The van der Waals surface area contributed by atoms with Crippen molar-refractivity contribution in [3.63, 3.8) is 0 Å². The Morgan fingerprint density at radius 2 is 1.83 bits per heavy atom. The molecule has 2 N–H and O–H groups in total. The highest BCUT2D eigenvalue weighted by Crippen LogP contribution is 2.29. The van der Waals surface area contributed by atoms with E-state index in [1.54, 1.807) is 6.07 Å². The monoisotopic (exact) mass is 507 g/mol. The molecule has 0 spiro atoms. The van der Waals surface area contributed by atoms with Crippen LogP contribution in [0, 0.1) is 13.8 Å². The fraction of sp³-hybridized carbons (Fsp3) is 0.222. The van der Waals surface area contributed by atoms with E-state index in [2.05, 4.69) is 34.7 Å². The molecule has 0 aliphatic carbocycles. The number of amides is 1. The Morgan fingerprint density at radius 1 is 1.09 bits per heavy atom. The summed E-state index contributed by atoms with van der Waals surface area (Å²) < 4.78 is 11.5. The van der Waals surface area contributed by atoms with Gasteiger partial charge < -0.3 is 14.5 Å². The number of hydrogen-bond acceptors (Lipinski definition) is 5. The number of nitrogens with one attached hydrogen (secondary N) is 2. The van der Waals surface area contributed by atoms with Crippen LogP contribution in [0.15, 0.2) is 59.0 Å². The summed E-state index contributed by atoms with van der Waals surface area (Å²) in [7, 11) is 0. The Hall–Kier alpha value is -3.42. The second-order valence-electron chi connectivity index (χ2n) is 8.32. The number of carbonyl (C=O) groups is 1. The van der Waals surface area contributed by atoms with Crippen LogP contribution in [0.1, 0.15) is 35.1 Å². The van der Waals surface area contributed by atoms with E-state index in [1.807, 2.05) is 50.2 Å². The number of aryl methyl sites for hydroxylation is 3. The Balaban J connectivity index is 1.29. The van der Waals surface area contributed by atoms with Gasteiger partial charge in [-0.3, -0.25) is 10.1 Å². The second kappa shape index (κ2) is 10.9. The summed E-state index contributed by atoms with van der Waals surface area (Å²) in [5.74, 6) is 0.782. The Kier molecular flexibility index (Phi) is 7.68. The summed E-state index contributed by atoms with van der Waals surface area (Å²) in [6, 6.07) is 17.5. The van der Waals surface area contributed by atoms with Crippen LogP contribution in [0.4, 0.5) is 5.69 Å². The molecule has 0 saturated heterocycles. The van der Waals surface area contributed by atoms with E-state index >= 15 is 0 Å². The largest absolute Gasteiger partial charge is 0.482 e. The van der Waals surface area contributed by atoms with E-state index in [1.165, 1.54) is 5.56 Å². The molecular weight excluding hydrogens is 482 g/mol. The minimum Gasteiger partial charge on any atom is -0.482 e. The predicted octanol–water partition coefficient (Wildman–Crippen LogP) is 6.14. The maximum atomic E-state index is 12.3. The lowest BCUT2D eigenvalue weighted by Crippen LogP contribution is -2.37. The Morgan fingerprint density at radius 3 is 2.54 bits per heavy atom. The Labute approximate surface area is 214 Å². The maximum absolute atomic E-state index is 12.3. The van der Waals surface area contributed by atoms with E-state index in [4.69, 9.17) is 33.0 Å². The third-order valence-electron chi connectivity index (χ3n) is 5.45. The van der Waals surface area contributed by atoms with Crippen molar-refractivity contribution >= 4 is 51.6 Å². The number of aromatic nitrogens is 1. The van der Waals surface area contributed by atoms with Gasteiger partial charge in [0.2, 0.25) is 0 Å². The normalized spacial score (nSPS) is 10.9. The van der Waals surface area contributed by atoms with Gasteiger partial charge in [0.05, 0.1) is 5.02 Å². The minimum absolute atomic E-state index is 0.184. The van der Waals surface area contributed by atoms with Crippen molar-refractivity contribution in [3.05, 3.63) is 87.8 Å². The SMILES string of the molecule is CCc1ccc2oc(Cc3ccc(NC(=S)NC(=O)COc4c(C)cc(C)cc4Cl)cc3)nc2c1. The zero-order chi connectivity index (χ0) is 24.9. The van der Waals surface area contributed by atoms with E-state index in [0.717, 1.165) is 39.9 Å². The predicted molar refractivity (Wildman–Crippen MR) is 143 cm³/mol. The molecule has 0 unspecified atom stereocenters. The third kappa shape index (κ3) is 6.38. The lowest BCUT2D eigenvalue weighted by molar-refractivity contribution is -0.121. The van der Waals surface area contributed by atoms with Crippen LogP contribution < -0.4 is 15.4 Å². The van der Waals surface area contributed by atoms with Crippen LogP contribution >= 0.6 is 23.8 Å². The first-order valence-corrected chi connectivity index (χ1v) is 12.1. The third-order valence-corrected chi connectivity index (χ3v) is 5.93. The van der Waals surface area contributed by atoms with E-state index in [-0.39, 0.29) is 17.6 Å². The summed E-state index contributed by atoms with van der Waals surface area (Å²) in [4.78, 5) is 16.9. The smallest absolute Gasteiger partial charge is 0.264 e. The van der Waals surface area contributed by atoms with Crippen molar-refractivity contribution in [1.29, 1.82) is 0 Å². The van der Waals surface area contributed by atoms with Gasteiger partial charge >= 0.3 is 0 Å². The van der Waals surface area contributed by atoms with Crippen LogP contribution in [-0.4, -0.2) is 22.6 Å². The number of nitrogens with zero attached hydrogens (tertiary/aromatic N) is 1. The van der Waals surface area contributed by atoms with Crippen molar-refractivity contribution in [2.45, 2.75) is 33.6 Å². The molecule has 0 saturated carbocycles. The zero-order valence-corrected chi connectivity index (χ0v) is 21.3. The highest BCUT2D eigenvalue weighted by atomic mass is 35.5. The molecule has 1 amide bonds. The molecule has 0 aliphatic heterocycles. The molecule has 0 bridgehead atoms. The topological polar surface area (TPSA) is 76.4 Å². The minimum atomic E-state index is -0.377. The van der Waals surface area contributed by atoms with Gasteiger partial charge in [-0.15, -0.1) is 0 Å². The first-order chi connectivity index (χ1) is 16.8. The van der Waals surface area contributed by atoms with Gasteiger partial charge in [0, 0.05) is 12.1 Å². The van der Waals surface area contributed by atoms with Crippen molar-refractivity contribution in [3.8, 4) is 5.75 Å². The molecule has 180 valence electrons. The number of anilines is 1. The van der Waals surface area contributed by atoms with Gasteiger partial charge in [-0.25, -0.2) is 4.98 Å². The molecule has 6 nitrogen and oxygen atoms in total. The fourth-order valence-corrected chi connectivity index (χ4v) is 4.35. The molecule has 0 radical (unpaired) electrons. The van der Waals surface area contributed by atoms with Crippen molar-refractivity contribution in [1.82, 2.24) is 10.3 Å². The number of halogens is 1. The van der Waals surface area contributed by atoms with Gasteiger partial charge in [0.1, 0.15) is 11.3 Å². The molecule has 1 heterocycles. The highest BCUT2D eigenvalue weighted by Gasteiger charge is 2.11. The first-order valence-electron chi connectivity index (χ1n) is 11.3. The van der Waals surface area contributed by atoms with Crippen molar-refractivity contribution in [2.75, 3.05) is 11.9 Å². The van der Waals surface area contributed by atoms with E-state index in [9.17, 15) is 4.79 Å². The zero-order valence-electron chi connectivity index (χ0n) is 19.8. The van der Waals surface area contributed by atoms with Gasteiger partial charge in [-0.2, -0.15) is 0 Å². The lowest BCUT2D eigenvalue weighted by Gasteiger charge is -2.13. The van der Waals surface area contributed by atoms with E-state index in [0.29, 0.717) is 23.1 Å². The molecule has 0 fully saturated rings. The number of ether oxygens (including phenoxy) is 1.